The Labute approximate surface area is 207 Å². The summed E-state index contributed by atoms with van der Waals surface area (Å²) in [5.41, 5.74) is 2.92. The molecule has 0 aromatic rings. The highest BCUT2D eigenvalue weighted by Gasteiger charge is 2.50. The highest BCUT2D eigenvalue weighted by atomic mass is 16.3. The molecule has 0 aromatic carbocycles. The molecule has 3 saturated carbocycles. The number of allylic oxidation sites excluding steroid dienone is 3. The van der Waals surface area contributed by atoms with E-state index < -0.39 is 23.9 Å². The Morgan fingerprint density at radius 1 is 1.18 bits per heavy atom. The summed E-state index contributed by atoms with van der Waals surface area (Å²) in [6.07, 6.45) is 12.5. The van der Waals surface area contributed by atoms with Gasteiger partial charge in [0.15, 0.2) is 0 Å². The predicted octanol–water partition coefficient (Wildman–Crippen LogP) is 5.70. The molecule has 8 atom stereocenters. The zero-order chi connectivity index (χ0) is 25.3. The molecular formula is C30H50O4. The van der Waals surface area contributed by atoms with Crippen LogP contribution in [0.5, 0.6) is 0 Å². The minimum Gasteiger partial charge on any atom is -0.393 e. The van der Waals surface area contributed by atoms with Gasteiger partial charge in [-0.25, -0.2) is 0 Å². The second kappa shape index (κ2) is 11.0. The highest BCUT2D eigenvalue weighted by Crippen LogP contribution is 2.60. The minimum atomic E-state index is -0.805. The smallest absolute Gasteiger partial charge is 0.0840 e. The third-order valence-electron chi connectivity index (χ3n) is 9.38. The van der Waals surface area contributed by atoms with Crippen molar-refractivity contribution >= 4 is 0 Å². The van der Waals surface area contributed by atoms with Crippen molar-refractivity contribution in [3.63, 3.8) is 0 Å². The van der Waals surface area contributed by atoms with Crippen molar-refractivity contribution in [1.82, 2.24) is 0 Å². The van der Waals surface area contributed by atoms with Crippen molar-refractivity contribution in [2.75, 3.05) is 0 Å². The van der Waals surface area contributed by atoms with Gasteiger partial charge in [-0.2, -0.15) is 0 Å². The summed E-state index contributed by atoms with van der Waals surface area (Å²) in [6.45, 7) is 14.6. The van der Waals surface area contributed by atoms with Crippen LogP contribution in [0, 0.1) is 29.1 Å². The van der Waals surface area contributed by atoms with E-state index in [1.54, 1.807) is 6.92 Å². The molecule has 0 aliphatic heterocycles. The lowest BCUT2D eigenvalue weighted by atomic mass is 9.60. The Morgan fingerprint density at radius 2 is 1.88 bits per heavy atom. The fourth-order valence-corrected chi connectivity index (χ4v) is 7.50. The van der Waals surface area contributed by atoms with Crippen molar-refractivity contribution in [2.45, 2.75) is 123 Å². The quantitative estimate of drug-likeness (QED) is 0.364. The second-order valence-electron chi connectivity index (χ2n) is 12.7. The van der Waals surface area contributed by atoms with E-state index in [1.807, 2.05) is 13.8 Å². The van der Waals surface area contributed by atoms with E-state index in [-0.39, 0.29) is 5.92 Å². The lowest BCUT2D eigenvalue weighted by molar-refractivity contribution is -0.00643. The van der Waals surface area contributed by atoms with E-state index in [9.17, 15) is 20.4 Å². The number of hydrogen-bond donors (Lipinski definition) is 4. The summed E-state index contributed by atoms with van der Waals surface area (Å²) < 4.78 is 0. The van der Waals surface area contributed by atoms with Crippen molar-refractivity contribution in [2.24, 2.45) is 29.1 Å². The summed E-state index contributed by atoms with van der Waals surface area (Å²) in [5.74, 6) is 1.65. The van der Waals surface area contributed by atoms with Crippen LogP contribution in [0.25, 0.3) is 0 Å². The van der Waals surface area contributed by atoms with Gasteiger partial charge in [0.2, 0.25) is 0 Å². The SMILES string of the molecule is C=C1/C(=C\C=C2/CCC[C@]3(C)[C@@H]([C@H](C)CCCC(C)(C)O)CC[C@@H]23)C[C@@H](O)[C@H](C[C@H](C)O)[C@@H]1O. The van der Waals surface area contributed by atoms with Gasteiger partial charge >= 0.3 is 0 Å². The third-order valence-corrected chi connectivity index (χ3v) is 9.38. The van der Waals surface area contributed by atoms with Crippen LogP contribution in [-0.2, 0) is 0 Å². The van der Waals surface area contributed by atoms with Gasteiger partial charge in [0.1, 0.15) is 0 Å². The van der Waals surface area contributed by atoms with Crippen LogP contribution < -0.4 is 0 Å². The molecule has 34 heavy (non-hydrogen) atoms. The van der Waals surface area contributed by atoms with Gasteiger partial charge in [0.05, 0.1) is 23.9 Å². The third kappa shape index (κ3) is 6.24. The molecule has 0 unspecified atom stereocenters. The number of aliphatic hydroxyl groups excluding tert-OH is 3. The van der Waals surface area contributed by atoms with Crippen LogP contribution in [0.15, 0.2) is 35.5 Å². The summed E-state index contributed by atoms with van der Waals surface area (Å²) >= 11 is 0. The van der Waals surface area contributed by atoms with E-state index in [0.29, 0.717) is 35.7 Å². The molecule has 4 N–H and O–H groups in total. The van der Waals surface area contributed by atoms with Gasteiger partial charge in [0.25, 0.3) is 0 Å². The van der Waals surface area contributed by atoms with Gasteiger partial charge in [0, 0.05) is 5.92 Å². The molecule has 0 bridgehead atoms. The Balaban J connectivity index is 1.70. The maximum absolute atomic E-state index is 10.7. The molecule has 0 heterocycles. The number of rotatable bonds is 8. The first kappa shape index (κ1) is 27.6. The molecule has 0 amide bonds. The molecule has 0 radical (unpaired) electrons. The van der Waals surface area contributed by atoms with Crippen LogP contribution in [0.3, 0.4) is 0 Å². The molecule has 3 aliphatic rings. The molecule has 4 heteroatoms. The highest BCUT2D eigenvalue weighted by molar-refractivity contribution is 5.39. The van der Waals surface area contributed by atoms with Crippen molar-refractivity contribution in [1.29, 1.82) is 0 Å². The zero-order valence-electron chi connectivity index (χ0n) is 22.3. The molecular weight excluding hydrogens is 424 g/mol. The Hall–Kier alpha value is -0.940. The minimum absolute atomic E-state index is 0.335. The molecule has 3 rings (SSSR count). The average Bonchev–Trinajstić information content (AvgIpc) is 3.09. The number of fused-ring (bicyclic) bond motifs is 1. The van der Waals surface area contributed by atoms with Crippen LogP contribution in [0.2, 0.25) is 0 Å². The molecule has 3 fully saturated rings. The van der Waals surface area contributed by atoms with Crippen molar-refractivity contribution in [3.05, 3.63) is 35.5 Å². The summed E-state index contributed by atoms with van der Waals surface area (Å²) in [4.78, 5) is 0. The molecule has 4 nitrogen and oxygen atoms in total. The lowest BCUT2D eigenvalue weighted by Crippen LogP contribution is -2.40. The Kier molecular flexibility index (Phi) is 8.93. The van der Waals surface area contributed by atoms with E-state index in [0.717, 1.165) is 30.8 Å². The summed E-state index contributed by atoms with van der Waals surface area (Å²) in [7, 11) is 0. The van der Waals surface area contributed by atoms with E-state index in [4.69, 9.17) is 0 Å². The van der Waals surface area contributed by atoms with Crippen molar-refractivity contribution < 1.29 is 20.4 Å². The first-order valence-electron chi connectivity index (χ1n) is 13.7. The fourth-order valence-electron chi connectivity index (χ4n) is 7.50. The van der Waals surface area contributed by atoms with Crippen LogP contribution in [0.1, 0.15) is 98.8 Å². The number of hydrogen-bond acceptors (Lipinski definition) is 4. The van der Waals surface area contributed by atoms with Gasteiger partial charge in [-0.15, -0.1) is 0 Å². The Morgan fingerprint density at radius 3 is 2.53 bits per heavy atom. The molecule has 0 saturated heterocycles. The standard InChI is InChI=1S/C30H50O4/c1-19(9-7-15-29(4,5)34)25-13-14-26-22(10-8-16-30(25,26)6)11-12-23-18-27(32)24(17-20(2)31)28(33)21(23)3/h11-12,19-20,24-28,31-34H,3,7-10,13-18H2,1-2,4-6H3/b22-11+,23-12-/t19-,20+,24+,25-,26+,27-,28-,30-/m1/s1. The molecule has 3 aliphatic carbocycles. The maximum atomic E-state index is 10.7. The number of aliphatic hydroxyl groups is 4. The van der Waals surface area contributed by atoms with Gasteiger partial charge < -0.3 is 20.4 Å². The van der Waals surface area contributed by atoms with Crippen LogP contribution in [-0.4, -0.2) is 44.3 Å². The van der Waals surface area contributed by atoms with Crippen LogP contribution >= 0.6 is 0 Å². The van der Waals surface area contributed by atoms with Gasteiger partial charge in [-0.3, -0.25) is 0 Å². The fraction of sp³-hybridized carbons (Fsp3) is 0.800. The van der Waals surface area contributed by atoms with E-state index in [2.05, 4.69) is 32.6 Å². The summed E-state index contributed by atoms with van der Waals surface area (Å²) in [6, 6.07) is 0. The second-order valence-corrected chi connectivity index (χ2v) is 12.7. The lowest BCUT2D eigenvalue weighted by Gasteiger charge is -2.44. The molecule has 194 valence electrons. The predicted molar refractivity (Wildman–Crippen MR) is 139 cm³/mol. The van der Waals surface area contributed by atoms with Crippen LogP contribution in [0.4, 0.5) is 0 Å². The Bertz CT molecular complexity index is 773. The van der Waals surface area contributed by atoms with Gasteiger partial charge in [-0.05, 0) is 106 Å². The largest absolute Gasteiger partial charge is 0.393 e. The maximum Gasteiger partial charge on any atom is 0.0840 e. The first-order chi connectivity index (χ1) is 15.8. The topological polar surface area (TPSA) is 80.9 Å². The summed E-state index contributed by atoms with van der Waals surface area (Å²) in [5, 5.41) is 41.2. The van der Waals surface area contributed by atoms with Crippen molar-refractivity contribution in [3.8, 4) is 0 Å². The average molecular weight is 475 g/mol. The van der Waals surface area contributed by atoms with E-state index >= 15 is 0 Å². The normalized spacial score (nSPS) is 38.9. The molecule has 0 spiro atoms. The monoisotopic (exact) mass is 474 g/mol. The molecule has 0 aromatic heterocycles. The van der Waals surface area contributed by atoms with Gasteiger partial charge in [-0.1, -0.05) is 51.0 Å². The van der Waals surface area contributed by atoms with E-state index in [1.165, 1.54) is 37.7 Å². The first-order valence-corrected chi connectivity index (χ1v) is 13.7. The zero-order valence-corrected chi connectivity index (χ0v) is 22.3.